The van der Waals surface area contributed by atoms with Crippen LogP contribution in [0.5, 0.6) is 5.75 Å². The molecule has 1 heterocycles. The van der Waals surface area contributed by atoms with Crippen LogP contribution in [0.4, 0.5) is 4.39 Å². The van der Waals surface area contributed by atoms with Gasteiger partial charge in [-0.05, 0) is 17.7 Å². The van der Waals surface area contributed by atoms with Crippen LogP contribution >= 0.6 is 11.6 Å². The third-order valence-corrected chi connectivity index (χ3v) is 2.38. The highest BCUT2D eigenvalue weighted by atomic mass is 35.5. The predicted molar refractivity (Wildman–Crippen MR) is 59.0 cm³/mol. The number of benzene rings is 1. The summed E-state index contributed by atoms with van der Waals surface area (Å²) in [5, 5.41) is 4.07. The van der Waals surface area contributed by atoms with Gasteiger partial charge in [-0.25, -0.2) is 4.39 Å². The van der Waals surface area contributed by atoms with E-state index in [-0.39, 0.29) is 5.02 Å². The number of aryl methyl sites for hydroxylation is 1. The van der Waals surface area contributed by atoms with Gasteiger partial charge in [0.15, 0.2) is 5.75 Å². The van der Waals surface area contributed by atoms with Crippen molar-refractivity contribution in [3.63, 3.8) is 0 Å². The van der Waals surface area contributed by atoms with E-state index in [0.29, 0.717) is 12.4 Å². The Morgan fingerprint density at radius 1 is 1.50 bits per heavy atom. The third-order valence-electron chi connectivity index (χ3n) is 2.07. The average Bonchev–Trinajstić information content (AvgIpc) is 2.66. The van der Waals surface area contributed by atoms with Crippen LogP contribution in [0.15, 0.2) is 30.6 Å². The van der Waals surface area contributed by atoms with Gasteiger partial charge in [-0.2, -0.15) is 5.10 Å². The van der Waals surface area contributed by atoms with Crippen molar-refractivity contribution in [2.45, 2.75) is 6.61 Å². The van der Waals surface area contributed by atoms with Gasteiger partial charge in [0.2, 0.25) is 0 Å². The first-order valence-electron chi connectivity index (χ1n) is 4.70. The molecule has 0 saturated carbocycles. The molecule has 0 radical (unpaired) electrons. The lowest BCUT2D eigenvalue weighted by atomic mass is 10.2. The van der Waals surface area contributed by atoms with Gasteiger partial charge in [0.05, 0.1) is 17.4 Å². The molecule has 5 heteroatoms. The maximum atomic E-state index is 13.1. The maximum Gasteiger partial charge on any atom is 0.157 e. The number of halogens is 2. The van der Waals surface area contributed by atoms with Crippen molar-refractivity contribution in [2.24, 2.45) is 7.05 Å². The van der Waals surface area contributed by atoms with Gasteiger partial charge < -0.3 is 4.74 Å². The largest absolute Gasteiger partial charge is 0.486 e. The maximum absolute atomic E-state index is 13.1. The van der Waals surface area contributed by atoms with Crippen molar-refractivity contribution in [1.29, 1.82) is 0 Å². The lowest BCUT2D eigenvalue weighted by Gasteiger charge is -2.04. The van der Waals surface area contributed by atoms with E-state index in [1.54, 1.807) is 30.2 Å². The summed E-state index contributed by atoms with van der Waals surface area (Å²) < 4.78 is 20.2. The van der Waals surface area contributed by atoms with E-state index in [0.717, 1.165) is 5.56 Å². The smallest absolute Gasteiger partial charge is 0.157 e. The Kier molecular flexibility index (Phi) is 3.10. The van der Waals surface area contributed by atoms with Crippen LogP contribution in [0.25, 0.3) is 0 Å². The van der Waals surface area contributed by atoms with E-state index in [9.17, 15) is 4.39 Å². The first kappa shape index (κ1) is 11.0. The fraction of sp³-hybridized carbons (Fsp3) is 0.182. The number of nitrogens with zero attached hydrogens (tertiary/aromatic N) is 2. The van der Waals surface area contributed by atoms with Gasteiger partial charge in [0.1, 0.15) is 12.4 Å². The average molecular weight is 241 g/mol. The molecular formula is C11H10ClFN2O. The zero-order valence-electron chi connectivity index (χ0n) is 8.65. The second kappa shape index (κ2) is 4.53. The Bertz CT molecular complexity index is 498. The summed E-state index contributed by atoms with van der Waals surface area (Å²) in [6.07, 6.45) is 3.35. The predicted octanol–water partition coefficient (Wildman–Crippen LogP) is 2.79. The molecule has 1 aromatic carbocycles. The van der Waals surface area contributed by atoms with Gasteiger partial charge in [-0.15, -0.1) is 0 Å². The minimum absolute atomic E-state index is 0.116. The Balaban J connectivity index is 2.02. The molecule has 84 valence electrons. The topological polar surface area (TPSA) is 27.1 Å². The van der Waals surface area contributed by atoms with E-state index >= 15 is 0 Å². The molecule has 2 rings (SSSR count). The number of ether oxygens (including phenoxy) is 1. The summed E-state index contributed by atoms with van der Waals surface area (Å²) in [5.41, 5.74) is 0.728. The number of rotatable bonds is 3. The van der Waals surface area contributed by atoms with Gasteiger partial charge in [0.25, 0.3) is 0 Å². The molecule has 3 nitrogen and oxygen atoms in total. The Morgan fingerprint density at radius 2 is 2.31 bits per heavy atom. The van der Waals surface area contributed by atoms with Crippen molar-refractivity contribution in [1.82, 2.24) is 9.78 Å². The SMILES string of the molecule is Cn1cc(OCc2ccc(Cl)c(F)c2)cn1. The molecular weight excluding hydrogens is 231 g/mol. The summed E-state index contributed by atoms with van der Waals surface area (Å²) in [6, 6.07) is 4.60. The molecule has 16 heavy (non-hydrogen) atoms. The second-order valence-electron chi connectivity index (χ2n) is 3.39. The molecule has 0 aliphatic carbocycles. The first-order valence-corrected chi connectivity index (χ1v) is 5.08. The molecule has 0 spiro atoms. The van der Waals surface area contributed by atoms with E-state index < -0.39 is 5.82 Å². The van der Waals surface area contributed by atoms with Crippen LogP contribution in [0.2, 0.25) is 5.02 Å². The van der Waals surface area contributed by atoms with Gasteiger partial charge in [-0.1, -0.05) is 17.7 Å². The van der Waals surface area contributed by atoms with Crippen molar-refractivity contribution in [2.75, 3.05) is 0 Å². The lowest BCUT2D eigenvalue weighted by Crippen LogP contribution is -1.95. The first-order chi connectivity index (χ1) is 7.65. The molecule has 0 aliphatic rings. The van der Waals surface area contributed by atoms with Gasteiger partial charge in [-0.3, -0.25) is 4.68 Å². The highest BCUT2D eigenvalue weighted by molar-refractivity contribution is 6.30. The number of hydrogen-bond acceptors (Lipinski definition) is 2. The Hall–Kier alpha value is -1.55. The third kappa shape index (κ3) is 2.52. The molecule has 0 saturated heterocycles. The van der Waals surface area contributed by atoms with Crippen LogP contribution in [0.1, 0.15) is 5.56 Å². The van der Waals surface area contributed by atoms with E-state index in [4.69, 9.17) is 16.3 Å². The van der Waals surface area contributed by atoms with Crippen molar-refractivity contribution < 1.29 is 9.13 Å². The van der Waals surface area contributed by atoms with Crippen LogP contribution in [0.3, 0.4) is 0 Å². The molecule has 0 bridgehead atoms. The van der Waals surface area contributed by atoms with Crippen LogP contribution in [0, 0.1) is 5.82 Å². The number of hydrogen-bond donors (Lipinski definition) is 0. The van der Waals surface area contributed by atoms with Crippen LogP contribution in [-0.2, 0) is 13.7 Å². The Morgan fingerprint density at radius 3 is 2.94 bits per heavy atom. The molecule has 0 fully saturated rings. The molecule has 0 unspecified atom stereocenters. The summed E-state index contributed by atoms with van der Waals surface area (Å²) in [5.74, 6) is 0.215. The number of aromatic nitrogens is 2. The summed E-state index contributed by atoms with van der Waals surface area (Å²) in [4.78, 5) is 0. The quantitative estimate of drug-likeness (QED) is 0.825. The highest BCUT2D eigenvalue weighted by Gasteiger charge is 2.02. The van der Waals surface area contributed by atoms with Gasteiger partial charge >= 0.3 is 0 Å². The van der Waals surface area contributed by atoms with E-state index in [1.165, 1.54) is 12.1 Å². The zero-order chi connectivity index (χ0) is 11.5. The monoisotopic (exact) mass is 240 g/mol. The normalized spacial score (nSPS) is 10.4. The van der Waals surface area contributed by atoms with E-state index in [2.05, 4.69) is 5.10 Å². The Labute approximate surface area is 97.4 Å². The molecule has 1 aromatic heterocycles. The standard InChI is InChI=1S/C11H10ClFN2O/c1-15-6-9(5-14-15)16-7-8-2-3-10(12)11(13)4-8/h2-6H,7H2,1H3. The summed E-state index contributed by atoms with van der Waals surface area (Å²) in [6.45, 7) is 0.291. The molecule has 0 N–H and O–H groups in total. The molecule has 0 amide bonds. The molecule has 0 aliphatic heterocycles. The lowest BCUT2D eigenvalue weighted by molar-refractivity contribution is 0.305. The summed E-state index contributed by atoms with van der Waals surface area (Å²) in [7, 11) is 1.80. The summed E-state index contributed by atoms with van der Waals surface area (Å²) >= 11 is 5.57. The van der Waals surface area contributed by atoms with Gasteiger partial charge in [0, 0.05) is 7.05 Å². The minimum atomic E-state index is -0.436. The second-order valence-corrected chi connectivity index (χ2v) is 3.79. The molecule has 2 aromatic rings. The zero-order valence-corrected chi connectivity index (χ0v) is 9.41. The van der Waals surface area contributed by atoms with Crippen LogP contribution < -0.4 is 4.74 Å². The van der Waals surface area contributed by atoms with Crippen molar-refractivity contribution in [3.05, 3.63) is 47.0 Å². The fourth-order valence-corrected chi connectivity index (χ4v) is 1.39. The molecule has 0 atom stereocenters. The van der Waals surface area contributed by atoms with Crippen LogP contribution in [-0.4, -0.2) is 9.78 Å². The minimum Gasteiger partial charge on any atom is -0.486 e. The van der Waals surface area contributed by atoms with Crippen molar-refractivity contribution in [3.8, 4) is 5.75 Å². The van der Waals surface area contributed by atoms with E-state index in [1.807, 2.05) is 0 Å². The fourth-order valence-electron chi connectivity index (χ4n) is 1.27. The van der Waals surface area contributed by atoms with Crippen molar-refractivity contribution >= 4 is 11.6 Å². The highest BCUT2D eigenvalue weighted by Crippen LogP contribution is 2.17.